The van der Waals surface area contributed by atoms with E-state index in [1.807, 2.05) is 4.90 Å². The van der Waals surface area contributed by atoms with Gasteiger partial charge >= 0.3 is 0 Å². The Bertz CT molecular complexity index is 538. The fraction of sp³-hybridized carbons (Fsp3) is 0.500. The smallest absolute Gasteiger partial charge is 0.252 e. The van der Waals surface area contributed by atoms with Crippen molar-refractivity contribution in [3.63, 3.8) is 0 Å². The van der Waals surface area contributed by atoms with Gasteiger partial charge in [0.05, 0.1) is 17.4 Å². The van der Waals surface area contributed by atoms with Gasteiger partial charge in [-0.05, 0) is 24.8 Å². The molecule has 0 aliphatic carbocycles. The summed E-state index contributed by atoms with van der Waals surface area (Å²) in [5, 5.41) is 2.84. The van der Waals surface area contributed by atoms with E-state index < -0.39 is 5.91 Å². The van der Waals surface area contributed by atoms with Crippen molar-refractivity contribution in [1.29, 1.82) is 0 Å². The Morgan fingerprint density at radius 1 is 1.43 bits per heavy atom. The monoisotopic (exact) mass is 291 g/mol. The Balaban J connectivity index is 2.02. The molecule has 2 amide bonds. The van der Waals surface area contributed by atoms with Crippen LogP contribution in [0.25, 0.3) is 0 Å². The molecule has 1 aliphatic heterocycles. The van der Waals surface area contributed by atoms with Crippen LogP contribution in [0.15, 0.2) is 12.3 Å². The van der Waals surface area contributed by atoms with Crippen LogP contribution in [0.1, 0.15) is 30.1 Å². The van der Waals surface area contributed by atoms with E-state index in [-0.39, 0.29) is 5.91 Å². The second-order valence-corrected chi connectivity index (χ2v) is 5.37. The van der Waals surface area contributed by atoms with E-state index in [2.05, 4.69) is 10.3 Å². The molecule has 2 heterocycles. The Kier molecular flexibility index (Phi) is 4.62. The molecule has 0 unspecified atom stereocenters. The number of carbonyl (C=O) groups excluding carboxylic acids is 2. The number of carbonyl (C=O) groups is 2. The van der Waals surface area contributed by atoms with Crippen LogP contribution in [0, 0.1) is 5.92 Å². The highest BCUT2D eigenvalue weighted by Crippen LogP contribution is 2.25. The van der Waals surface area contributed by atoms with Gasteiger partial charge in [0, 0.05) is 26.6 Å². The van der Waals surface area contributed by atoms with E-state index in [0.717, 1.165) is 25.9 Å². The third kappa shape index (κ3) is 3.84. The molecule has 0 radical (unpaired) electrons. The Labute approximate surface area is 123 Å². The number of hydrogen-bond acceptors (Lipinski definition) is 5. The molecule has 0 spiro atoms. The predicted octanol–water partition coefficient (Wildman–Crippen LogP) is 0.115. The third-order valence-corrected chi connectivity index (χ3v) is 3.71. The number of pyridine rings is 1. The molecule has 7 heteroatoms. The number of primary amides is 1. The molecule has 0 bridgehead atoms. The van der Waals surface area contributed by atoms with Gasteiger partial charge in [-0.3, -0.25) is 9.59 Å². The van der Waals surface area contributed by atoms with Gasteiger partial charge in [0.25, 0.3) is 5.91 Å². The van der Waals surface area contributed by atoms with Crippen molar-refractivity contribution < 1.29 is 9.59 Å². The molecule has 0 aromatic carbocycles. The first-order valence-electron chi connectivity index (χ1n) is 7.02. The summed E-state index contributed by atoms with van der Waals surface area (Å²) in [6, 6.07) is 1.56. The summed E-state index contributed by atoms with van der Waals surface area (Å²) < 4.78 is 0. The summed E-state index contributed by atoms with van der Waals surface area (Å²) in [5.41, 5.74) is 11.8. The number of nitrogen functional groups attached to an aromatic ring is 1. The second kappa shape index (κ2) is 6.43. The van der Waals surface area contributed by atoms with Crippen LogP contribution in [0.3, 0.4) is 0 Å². The Morgan fingerprint density at radius 3 is 2.67 bits per heavy atom. The van der Waals surface area contributed by atoms with Gasteiger partial charge < -0.3 is 21.7 Å². The molecular weight excluding hydrogens is 270 g/mol. The van der Waals surface area contributed by atoms with Gasteiger partial charge in [-0.15, -0.1) is 0 Å². The van der Waals surface area contributed by atoms with Crippen LogP contribution in [0.5, 0.6) is 0 Å². The largest absolute Gasteiger partial charge is 0.397 e. The normalized spacial score (nSPS) is 15.8. The number of anilines is 2. The molecule has 21 heavy (non-hydrogen) atoms. The minimum absolute atomic E-state index is 0.00588. The molecular formula is C14H21N5O2. The lowest BCUT2D eigenvalue weighted by Crippen LogP contribution is -2.39. The number of rotatable bonds is 4. The lowest BCUT2D eigenvalue weighted by atomic mass is 9.96. The van der Waals surface area contributed by atoms with Crippen molar-refractivity contribution in [2.75, 3.05) is 30.3 Å². The maximum Gasteiger partial charge on any atom is 0.252 e. The molecule has 0 atom stereocenters. The topological polar surface area (TPSA) is 114 Å². The summed E-state index contributed by atoms with van der Waals surface area (Å²) in [5.74, 6) is 0.518. The number of nitrogens with one attached hydrogen (secondary N) is 1. The molecule has 1 aromatic rings. The maximum atomic E-state index is 11.5. The molecule has 114 valence electrons. The van der Waals surface area contributed by atoms with Crippen molar-refractivity contribution >= 4 is 23.3 Å². The number of nitrogens with two attached hydrogens (primary N) is 2. The summed E-state index contributed by atoms with van der Waals surface area (Å²) in [6.45, 7) is 3.77. The first kappa shape index (κ1) is 15.1. The molecule has 1 aliphatic rings. The van der Waals surface area contributed by atoms with Gasteiger partial charge in [0.1, 0.15) is 5.82 Å². The average Bonchev–Trinajstić information content (AvgIpc) is 2.45. The van der Waals surface area contributed by atoms with Crippen molar-refractivity contribution in [2.45, 2.75) is 19.8 Å². The van der Waals surface area contributed by atoms with Crippen LogP contribution in [-0.2, 0) is 4.79 Å². The van der Waals surface area contributed by atoms with Gasteiger partial charge in [-0.2, -0.15) is 0 Å². The molecule has 0 saturated carbocycles. The van der Waals surface area contributed by atoms with E-state index in [9.17, 15) is 9.59 Å². The van der Waals surface area contributed by atoms with Crippen LogP contribution in [-0.4, -0.2) is 36.4 Å². The molecule has 1 fully saturated rings. The fourth-order valence-electron chi connectivity index (χ4n) is 2.54. The van der Waals surface area contributed by atoms with Gasteiger partial charge in [0.15, 0.2) is 0 Å². The van der Waals surface area contributed by atoms with E-state index in [1.54, 1.807) is 6.07 Å². The standard InChI is InChI=1S/C14H21N5O2/c1-9(20)17-7-10-2-4-19(5-3-10)14-12(13(16)21)6-11(15)8-18-14/h6,8,10H,2-5,7,15H2,1H3,(H2,16,21)(H,17,20). The molecule has 5 N–H and O–H groups in total. The average molecular weight is 291 g/mol. The molecule has 1 saturated heterocycles. The molecule has 1 aromatic heterocycles. The number of hydrogen-bond donors (Lipinski definition) is 3. The Hall–Kier alpha value is -2.31. The fourth-order valence-corrected chi connectivity index (χ4v) is 2.54. The maximum absolute atomic E-state index is 11.5. The van der Waals surface area contributed by atoms with E-state index in [0.29, 0.717) is 29.5 Å². The van der Waals surface area contributed by atoms with E-state index in [4.69, 9.17) is 11.5 Å². The van der Waals surface area contributed by atoms with E-state index >= 15 is 0 Å². The lowest BCUT2D eigenvalue weighted by Gasteiger charge is -2.33. The van der Waals surface area contributed by atoms with Crippen LogP contribution in [0.2, 0.25) is 0 Å². The predicted molar refractivity (Wildman–Crippen MR) is 80.8 cm³/mol. The van der Waals surface area contributed by atoms with Crippen LogP contribution < -0.4 is 21.7 Å². The number of piperidine rings is 1. The highest BCUT2D eigenvalue weighted by Gasteiger charge is 2.23. The van der Waals surface area contributed by atoms with Crippen molar-refractivity contribution in [3.05, 3.63) is 17.8 Å². The molecule has 7 nitrogen and oxygen atoms in total. The number of nitrogens with zero attached hydrogens (tertiary/aromatic N) is 2. The summed E-state index contributed by atoms with van der Waals surface area (Å²) in [7, 11) is 0. The summed E-state index contributed by atoms with van der Waals surface area (Å²) >= 11 is 0. The minimum atomic E-state index is -0.523. The zero-order chi connectivity index (χ0) is 15.4. The molecule has 2 rings (SSSR count). The SMILES string of the molecule is CC(=O)NCC1CCN(c2ncc(N)cc2C(N)=O)CC1. The Morgan fingerprint density at radius 2 is 2.10 bits per heavy atom. The first-order chi connectivity index (χ1) is 9.97. The van der Waals surface area contributed by atoms with Crippen molar-refractivity contribution in [2.24, 2.45) is 11.7 Å². The van der Waals surface area contributed by atoms with Gasteiger partial charge in [0.2, 0.25) is 5.91 Å². The van der Waals surface area contributed by atoms with Crippen molar-refractivity contribution in [3.8, 4) is 0 Å². The van der Waals surface area contributed by atoms with E-state index in [1.165, 1.54) is 13.1 Å². The first-order valence-corrected chi connectivity index (χ1v) is 7.02. The number of aromatic nitrogens is 1. The second-order valence-electron chi connectivity index (χ2n) is 5.37. The highest BCUT2D eigenvalue weighted by molar-refractivity contribution is 5.98. The lowest BCUT2D eigenvalue weighted by molar-refractivity contribution is -0.119. The minimum Gasteiger partial charge on any atom is -0.397 e. The van der Waals surface area contributed by atoms with Gasteiger partial charge in [-0.25, -0.2) is 4.98 Å². The summed E-state index contributed by atoms with van der Waals surface area (Å²) in [6.07, 6.45) is 3.40. The summed E-state index contributed by atoms with van der Waals surface area (Å²) in [4.78, 5) is 28.7. The van der Waals surface area contributed by atoms with Crippen LogP contribution >= 0.6 is 0 Å². The van der Waals surface area contributed by atoms with Crippen molar-refractivity contribution in [1.82, 2.24) is 10.3 Å². The zero-order valence-electron chi connectivity index (χ0n) is 12.1. The van der Waals surface area contributed by atoms with Crippen LogP contribution in [0.4, 0.5) is 11.5 Å². The zero-order valence-corrected chi connectivity index (χ0v) is 12.1. The number of amides is 2. The third-order valence-electron chi connectivity index (χ3n) is 3.71. The quantitative estimate of drug-likeness (QED) is 0.728. The highest BCUT2D eigenvalue weighted by atomic mass is 16.1. The van der Waals surface area contributed by atoms with Gasteiger partial charge in [-0.1, -0.05) is 0 Å².